The predicted octanol–water partition coefficient (Wildman–Crippen LogP) is 2.76. The summed E-state index contributed by atoms with van der Waals surface area (Å²) in [5, 5.41) is 0. The molecule has 1 saturated carbocycles. The van der Waals surface area contributed by atoms with Gasteiger partial charge in [-0.05, 0) is 36.0 Å². The molecule has 1 aliphatic carbocycles. The second-order valence-electron chi connectivity index (χ2n) is 3.87. The van der Waals surface area contributed by atoms with Gasteiger partial charge in [-0.1, -0.05) is 6.07 Å². The fraction of sp³-hybridized carbons (Fsp3) is 0.455. The van der Waals surface area contributed by atoms with Crippen LogP contribution in [0.1, 0.15) is 17.9 Å². The Balaban J connectivity index is 1.87. The molecule has 0 spiro atoms. The molecule has 0 N–H and O–H groups in total. The number of hydrogen-bond acceptors (Lipinski definition) is 2. The summed E-state index contributed by atoms with van der Waals surface area (Å²) < 4.78 is 10.6. The molecule has 2 atom stereocenters. The topological polar surface area (TPSA) is 18.5 Å². The lowest BCUT2D eigenvalue weighted by Gasteiger charge is -2.00. The third-order valence-electron chi connectivity index (χ3n) is 2.95. The van der Waals surface area contributed by atoms with Gasteiger partial charge in [0.05, 0.1) is 0 Å². The van der Waals surface area contributed by atoms with Gasteiger partial charge < -0.3 is 9.47 Å². The Morgan fingerprint density at radius 1 is 1.29 bits per heavy atom. The summed E-state index contributed by atoms with van der Waals surface area (Å²) in [6.07, 6.45) is 1.21. The predicted molar refractivity (Wildman–Crippen MR) is 54.1 cm³/mol. The Hall–Kier alpha value is -0.890. The van der Waals surface area contributed by atoms with Crippen LogP contribution in [0.4, 0.5) is 0 Å². The van der Waals surface area contributed by atoms with Crippen molar-refractivity contribution in [3.05, 3.63) is 23.8 Å². The van der Waals surface area contributed by atoms with E-state index in [1.165, 1.54) is 12.0 Å². The van der Waals surface area contributed by atoms with E-state index < -0.39 is 0 Å². The van der Waals surface area contributed by atoms with Gasteiger partial charge in [0.25, 0.3) is 0 Å². The minimum atomic E-state index is 0.350. The number of alkyl halides is 1. The molecule has 1 fully saturated rings. The van der Waals surface area contributed by atoms with Gasteiger partial charge in [-0.15, -0.1) is 11.6 Å². The van der Waals surface area contributed by atoms with E-state index in [9.17, 15) is 0 Å². The lowest BCUT2D eigenvalue weighted by Crippen LogP contribution is -1.92. The van der Waals surface area contributed by atoms with Crippen molar-refractivity contribution in [2.24, 2.45) is 5.92 Å². The Kier molecular flexibility index (Phi) is 1.84. The molecule has 3 rings (SSSR count). The van der Waals surface area contributed by atoms with Gasteiger partial charge in [-0.2, -0.15) is 0 Å². The summed E-state index contributed by atoms with van der Waals surface area (Å²) >= 11 is 5.80. The Morgan fingerprint density at radius 3 is 2.93 bits per heavy atom. The Bertz CT molecular complexity index is 364. The van der Waals surface area contributed by atoms with Crippen molar-refractivity contribution in [3.8, 4) is 11.5 Å². The highest BCUT2D eigenvalue weighted by Crippen LogP contribution is 2.49. The number of fused-ring (bicyclic) bond motifs is 1. The van der Waals surface area contributed by atoms with Crippen LogP contribution in [0.3, 0.4) is 0 Å². The zero-order chi connectivity index (χ0) is 9.54. The number of halogens is 1. The number of hydrogen-bond donors (Lipinski definition) is 0. The first-order valence-electron chi connectivity index (χ1n) is 4.84. The maximum atomic E-state index is 5.80. The van der Waals surface area contributed by atoms with Crippen molar-refractivity contribution in [2.45, 2.75) is 12.3 Å². The van der Waals surface area contributed by atoms with Crippen LogP contribution in [0, 0.1) is 5.92 Å². The van der Waals surface area contributed by atoms with Crippen molar-refractivity contribution in [1.82, 2.24) is 0 Å². The number of ether oxygens (including phenoxy) is 2. The standard InChI is InChI=1S/C11H11ClO2/c12-5-8-3-9(8)7-1-2-10-11(4-7)14-6-13-10/h1-2,4,8-9H,3,5-6H2. The summed E-state index contributed by atoms with van der Waals surface area (Å²) in [7, 11) is 0. The average Bonchev–Trinajstić information content (AvgIpc) is 2.87. The molecule has 0 bridgehead atoms. The third kappa shape index (κ3) is 1.25. The lowest BCUT2D eigenvalue weighted by molar-refractivity contribution is 0.174. The van der Waals surface area contributed by atoms with Gasteiger partial charge in [0, 0.05) is 5.88 Å². The third-order valence-corrected chi connectivity index (χ3v) is 3.34. The summed E-state index contributed by atoms with van der Waals surface area (Å²) in [6.45, 7) is 0.350. The molecule has 2 nitrogen and oxygen atoms in total. The molecule has 0 saturated heterocycles. The van der Waals surface area contributed by atoms with Crippen LogP contribution in [0.25, 0.3) is 0 Å². The van der Waals surface area contributed by atoms with Crippen molar-refractivity contribution in [2.75, 3.05) is 12.7 Å². The molecule has 3 heteroatoms. The number of rotatable bonds is 2. The SMILES string of the molecule is ClCC1CC1c1ccc2c(c1)OCO2. The second kappa shape index (κ2) is 3.06. The van der Waals surface area contributed by atoms with Crippen molar-refractivity contribution in [3.63, 3.8) is 0 Å². The summed E-state index contributed by atoms with van der Waals surface area (Å²) in [5.41, 5.74) is 1.33. The fourth-order valence-electron chi connectivity index (χ4n) is 1.97. The molecule has 1 aromatic carbocycles. The Morgan fingerprint density at radius 2 is 2.14 bits per heavy atom. The molecule has 0 amide bonds. The summed E-state index contributed by atoms with van der Waals surface area (Å²) in [6, 6.07) is 6.19. The van der Waals surface area contributed by atoms with E-state index >= 15 is 0 Å². The molecule has 1 heterocycles. The molecule has 1 aromatic rings. The Labute approximate surface area is 87.8 Å². The van der Waals surface area contributed by atoms with Gasteiger partial charge >= 0.3 is 0 Å². The molecule has 14 heavy (non-hydrogen) atoms. The number of benzene rings is 1. The van der Waals surface area contributed by atoms with E-state index in [0.717, 1.165) is 17.4 Å². The zero-order valence-electron chi connectivity index (χ0n) is 7.70. The van der Waals surface area contributed by atoms with Crippen molar-refractivity contribution >= 4 is 11.6 Å². The van der Waals surface area contributed by atoms with Crippen LogP contribution in [-0.4, -0.2) is 12.7 Å². The molecule has 2 unspecified atom stereocenters. The fourth-order valence-corrected chi connectivity index (χ4v) is 2.31. The maximum Gasteiger partial charge on any atom is 0.231 e. The van der Waals surface area contributed by atoms with Crippen LogP contribution in [-0.2, 0) is 0 Å². The second-order valence-corrected chi connectivity index (χ2v) is 4.18. The molecule has 1 aliphatic heterocycles. The smallest absolute Gasteiger partial charge is 0.231 e. The highest BCUT2D eigenvalue weighted by atomic mass is 35.5. The van der Waals surface area contributed by atoms with Gasteiger partial charge in [0.2, 0.25) is 6.79 Å². The van der Waals surface area contributed by atoms with Crippen LogP contribution in [0.15, 0.2) is 18.2 Å². The van der Waals surface area contributed by atoms with E-state index in [1.807, 2.05) is 6.07 Å². The van der Waals surface area contributed by atoms with Gasteiger partial charge in [0.15, 0.2) is 11.5 Å². The van der Waals surface area contributed by atoms with E-state index in [-0.39, 0.29) is 0 Å². The van der Waals surface area contributed by atoms with Crippen LogP contribution < -0.4 is 9.47 Å². The molecule has 0 aromatic heterocycles. The highest BCUT2D eigenvalue weighted by molar-refractivity contribution is 6.18. The van der Waals surface area contributed by atoms with Crippen LogP contribution >= 0.6 is 11.6 Å². The average molecular weight is 211 g/mol. The van der Waals surface area contributed by atoms with Crippen molar-refractivity contribution in [1.29, 1.82) is 0 Å². The first-order valence-corrected chi connectivity index (χ1v) is 5.37. The molecular formula is C11H11ClO2. The van der Waals surface area contributed by atoms with E-state index in [2.05, 4.69) is 12.1 Å². The minimum absolute atomic E-state index is 0.350. The van der Waals surface area contributed by atoms with Crippen LogP contribution in [0.5, 0.6) is 11.5 Å². The summed E-state index contributed by atoms with van der Waals surface area (Å²) in [4.78, 5) is 0. The van der Waals surface area contributed by atoms with E-state index in [0.29, 0.717) is 18.6 Å². The van der Waals surface area contributed by atoms with Gasteiger partial charge in [-0.3, -0.25) is 0 Å². The van der Waals surface area contributed by atoms with E-state index in [4.69, 9.17) is 21.1 Å². The summed E-state index contributed by atoms with van der Waals surface area (Å²) in [5.74, 6) is 3.80. The van der Waals surface area contributed by atoms with Crippen molar-refractivity contribution < 1.29 is 9.47 Å². The zero-order valence-corrected chi connectivity index (χ0v) is 8.46. The molecule has 2 aliphatic rings. The molecular weight excluding hydrogens is 200 g/mol. The highest BCUT2D eigenvalue weighted by Gasteiger charge is 2.37. The van der Waals surface area contributed by atoms with Gasteiger partial charge in [-0.25, -0.2) is 0 Å². The molecule has 0 radical (unpaired) electrons. The minimum Gasteiger partial charge on any atom is -0.454 e. The lowest BCUT2D eigenvalue weighted by atomic mass is 10.1. The first kappa shape index (κ1) is 8.42. The largest absolute Gasteiger partial charge is 0.454 e. The monoisotopic (exact) mass is 210 g/mol. The molecule has 74 valence electrons. The van der Waals surface area contributed by atoms with E-state index in [1.54, 1.807) is 0 Å². The quantitative estimate of drug-likeness (QED) is 0.699. The maximum absolute atomic E-state index is 5.80. The van der Waals surface area contributed by atoms with Gasteiger partial charge in [0.1, 0.15) is 0 Å². The first-order chi connectivity index (χ1) is 6.88. The van der Waals surface area contributed by atoms with Crippen LogP contribution in [0.2, 0.25) is 0 Å². The normalized spacial score (nSPS) is 27.8.